The first-order chi connectivity index (χ1) is 5.20. The van der Waals surface area contributed by atoms with Crippen LogP contribution in [-0.4, -0.2) is 22.2 Å². The Morgan fingerprint density at radius 1 is 1.45 bits per heavy atom. The van der Waals surface area contributed by atoms with Gasteiger partial charge in [-0.3, -0.25) is 0 Å². The van der Waals surface area contributed by atoms with Crippen molar-refractivity contribution in [1.82, 2.24) is 0 Å². The third-order valence-corrected chi connectivity index (χ3v) is 3.90. The van der Waals surface area contributed by atoms with Crippen molar-refractivity contribution in [2.75, 3.05) is 5.75 Å². The zero-order valence-electron chi connectivity index (χ0n) is 7.42. The van der Waals surface area contributed by atoms with Gasteiger partial charge in [0.05, 0.1) is 6.10 Å². The van der Waals surface area contributed by atoms with E-state index in [1.54, 1.807) is 0 Å². The van der Waals surface area contributed by atoms with Gasteiger partial charge in [0.15, 0.2) is 0 Å². The number of aliphatic hydroxyl groups excluding tert-OH is 1. The minimum Gasteiger partial charge on any atom is -0.392 e. The van der Waals surface area contributed by atoms with Crippen LogP contribution >= 0.6 is 11.8 Å². The minimum absolute atomic E-state index is 0.0150. The predicted octanol–water partition coefficient (Wildman–Crippen LogP) is 2.29. The van der Waals surface area contributed by atoms with Gasteiger partial charge in [-0.2, -0.15) is 11.8 Å². The van der Waals surface area contributed by atoms with Crippen LogP contribution < -0.4 is 0 Å². The van der Waals surface area contributed by atoms with Crippen LogP contribution in [0.25, 0.3) is 0 Å². The lowest BCUT2D eigenvalue weighted by Crippen LogP contribution is -2.16. The molecule has 1 aliphatic carbocycles. The topological polar surface area (TPSA) is 20.2 Å². The van der Waals surface area contributed by atoms with Crippen molar-refractivity contribution in [2.45, 2.75) is 44.5 Å². The zero-order valence-corrected chi connectivity index (χ0v) is 8.23. The number of aliphatic hydroxyl groups is 1. The fourth-order valence-corrected chi connectivity index (χ4v) is 2.74. The SMILES string of the molecule is CC(C)CS[C@@H]1CCC[C@H]1O. The fraction of sp³-hybridized carbons (Fsp3) is 1.00. The molecule has 1 fully saturated rings. The van der Waals surface area contributed by atoms with Crippen LogP contribution in [-0.2, 0) is 0 Å². The molecule has 1 saturated carbocycles. The molecule has 0 saturated heterocycles. The van der Waals surface area contributed by atoms with Gasteiger partial charge in [0.2, 0.25) is 0 Å². The van der Waals surface area contributed by atoms with E-state index in [-0.39, 0.29) is 6.10 Å². The third kappa shape index (κ3) is 3.04. The molecule has 11 heavy (non-hydrogen) atoms. The number of thioether (sulfide) groups is 1. The van der Waals surface area contributed by atoms with Crippen molar-refractivity contribution in [3.8, 4) is 0 Å². The Morgan fingerprint density at radius 2 is 2.18 bits per heavy atom. The van der Waals surface area contributed by atoms with Crippen LogP contribution in [0.3, 0.4) is 0 Å². The first-order valence-electron chi connectivity index (χ1n) is 4.50. The van der Waals surface area contributed by atoms with E-state index in [1.165, 1.54) is 18.6 Å². The molecule has 66 valence electrons. The molecular weight excluding hydrogens is 156 g/mol. The summed E-state index contributed by atoms with van der Waals surface area (Å²) in [5.41, 5.74) is 0. The second kappa shape index (κ2) is 4.36. The van der Waals surface area contributed by atoms with Gasteiger partial charge in [0.25, 0.3) is 0 Å². The monoisotopic (exact) mass is 174 g/mol. The maximum atomic E-state index is 9.48. The first kappa shape index (κ1) is 9.40. The first-order valence-corrected chi connectivity index (χ1v) is 5.54. The maximum absolute atomic E-state index is 9.48. The summed E-state index contributed by atoms with van der Waals surface area (Å²) in [6.45, 7) is 4.46. The highest BCUT2D eigenvalue weighted by molar-refractivity contribution is 7.99. The summed E-state index contributed by atoms with van der Waals surface area (Å²) in [5, 5.41) is 10.0. The summed E-state index contributed by atoms with van der Waals surface area (Å²) < 4.78 is 0. The van der Waals surface area contributed by atoms with E-state index >= 15 is 0 Å². The van der Waals surface area contributed by atoms with Gasteiger partial charge < -0.3 is 5.11 Å². The van der Waals surface area contributed by atoms with Crippen molar-refractivity contribution >= 4 is 11.8 Å². The zero-order chi connectivity index (χ0) is 8.27. The Hall–Kier alpha value is 0.310. The Balaban J connectivity index is 2.15. The van der Waals surface area contributed by atoms with Gasteiger partial charge in [-0.25, -0.2) is 0 Å². The predicted molar refractivity (Wildman–Crippen MR) is 50.9 cm³/mol. The van der Waals surface area contributed by atoms with E-state index in [0.29, 0.717) is 5.25 Å². The molecule has 0 aliphatic heterocycles. The molecule has 2 atom stereocenters. The average Bonchev–Trinajstić information content (AvgIpc) is 2.31. The Bertz CT molecular complexity index is 114. The highest BCUT2D eigenvalue weighted by Gasteiger charge is 2.25. The molecule has 0 aromatic heterocycles. The maximum Gasteiger partial charge on any atom is 0.0658 e. The molecule has 0 unspecified atom stereocenters. The van der Waals surface area contributed by atoms with E-state index in [1.807, 2.05) is 11.8 Å². The van der Waals surface area contributed by atoms with Gasteiger partial charge in [0, 0.05) is 5.25 Å². The molecule has 0 aromatic carbocycles. The molecule has 2 heteroatoms. The van der Waals surface area contributed by atoms with E-state index < -0.39 is 0 Å². The molecule has 0 heterocycles. The molecule has 1 N–H and O–H groups in total. The quantitative estimate of drug-likeness (QED) is 0.708. The van der Waals surface area contributed by atoms with E-state index in [0.717, 1.165) is 12.3 Å². The van der Waals surface area contributed by atoms with Crippen LogP contribution in [0.5, 0.6) is 0 Å². The summed E-state index contributed by atoms with van der Waals surface area (Å²) in [7, 11) is 0. The van der Waals surface area contributed by atoms with Crippen LogP contribution in [0.1, 0.15) is 33.1 Å². The summed E-state index contributed by atoms with van der Waals surface area (Å²) >= 11 is 1.95. The van der Waals surface area contributed by atoms with Crippen LogP contribution in [0, 0.1) is 5.92 Å². The lowest BCUT2D eigenvalue weighted by Gasteiger charge is -2.14. The molecule has 1 nitrogen and oxygen atoms in total. The second-order valence-electron chi connectivity index (χ2n) is 3.76. The number of rotatable bonds is 3. The van der Waals surface area contributed by atoms with Crippen LogP contribution in [0.15, 0.2) is 0 Å². The highest BCUT2D eigenvalue weighted by Crippen LogP contribution is 2.30. The minimum atomic E-state index is -0.0150. The Morgan fingerprint density at radius 3 is 2.64 bits per heavy atom. The van der Waals surface area contributed by atoms with Crippen LogP contribution in [0.2, 0.25) is 0 Å². The second-order valence-corrected chi connectivity index (χ2v) is 5.04. The van der Waals surface area contributed by atoms with E-state index in [9.17, 15) is 5.11 Å². The van der Waals surface area contributed by atoms with Gasteiger partial charge in [-0.15, -0.1) is 0 Å². The molecule has 0 radical (unpaired) electrons. The summed E-state index contributed by atoms with van der Waals surface area (Å²) in [6.07, 6.45) is 3.45. The molecule has 0 aromatic rings. The fourth-order valence-electron chi connectivity index (χ4n) is 1.42. The molecule has 0 bridgehead atoms. The molecule has 0 spiro atoms. The summed E-state index contributed by atoms with van der Waals surface area (Å²) in [5.74, 6) is 1.95. The highest BCUT2D eigenvalue weighted by atomic mass is 32.2. The van der Waals surface area contributed by atoms with Crippen LogP contribution in [0.4, 0.5) is 0 Å². The average molecular weight is 174 g/mol. The van der Waals surface area contributed by atoms with E-state index in [4.69, 9.17) is 0 Å². The van der Waals surface area contributed by atoms with Crippen molar-refractivity contribution in [3.63, 3.8) is 0 Å². The van der Waals surface area contributed by atoms with Gasteiger partial charge in [-0.1, -0.05) is 13.8 Å². The van der Waals surface area contributed by atoms with Crippen molar-refractivity contribution < 1.29 is 5.11 Å². The van der Waals surface area contributed by atoms with Crippen molar-refractivity contribution in [3.05, 3.63) is 0 Å². The Labute approximate surface area is 73.6 Å². The smallest absolute Gasteiger partial charge is 0.0658 e. The molecule has 0 amide bonds. The lowest BCUT2D eigenvalue weighted by molar-refractivity contribution is 0.188. The van der Waals surface area contributed by atoms with Gasteiger partial charge in [-0.05, 0) is 30.9 Å². The Kier molecular flexibility index (Phi) is 3.73. The lowest BCUT2D eigenvalue weighted by atomic mass is 10.3. The number of hydrogen-bond acceptors (Lipinski definition) is 2. The molecular formula is C9H18OS. The van der Waals surface area contributed by atoms with Crippen molar-refractivity contribution in [1.29, 1.82) is 0 Å². The number of hydrogen-bond donors (Lipinski definition) is 1. The third-order valence-electron chi connectivity index (χ3n) is 2.06. The van der Waals surface area contributed by atoms with E-state index in [2.05, 4.69) is 13.8 Å². The summed E-state index contributed by atoms with van der Waals surface area (Å²) in [6, 6.07) is 0. The van der Waals surface area contributed by atoms with Gasteiger partial charge >= 0.3 is 0 Å². The van der Waals surface area contributed by atoms with Crippen molar-refractivity contribution in [2.24, 2.45) is 5.92 Å². The standard InChI is InChI=1S/C9H18OS/c1-7(2)6-11-9-5-3-4-8(9)10/h7-10H,3-6H2,1-2H3/t8-,9-/m1/s1. The van der Waals surface area contributed by atoms with Gasteiger partial charge in [0.1, 0.15) is 0 Å². The molecule has 1 aliphatic rings. The molecule has 1 rings (SSSR count). The summed E-state index contributed by atoms with van der Waals surface area (Å²) in [4.78, 5) is 0. The normalized spacial score (nSPS) is 31.6. The largest absolute Gasteiger partial charge is 0.392 e.